The quantitative estimate of drug-likeness (QED) is 0.673. The number of ether oxygens (including phenoxy) is 1. The molecule has 2 rings (SSSR count). The Morgan fingerprint density at radius 2 is 2.25 bits per heavy atom. The summed E-state index contributed by atoms with van der Waals surface area (Å²) in [6.45, 7) is 3.70. The minimum atomic E-state index is -0.139. The summed E-state index contributed by atoms with van der Waals surface area (Å²) in [6, 6.07) is 6.19. The van der Waals surface area contributed by atoms with Crippen LogP contribution in [0.5, 0.6) is 0 Å². The van der Waals surface area contributed by atoms with Crippen molar-refractivity contribution in [1.29, 1.82) is 0 Å². The molecule has 3 heteroatoms. The molecule has 1 atom stereocenters. The molecule has 0 saturated carbocycles. The first-order chi connectivity index (χ1) is 7.63. The van der Waals surface area contributed by atoms with E-state index < -0.39 is 0 Å². The van der Waals surface area contributed by atoms with E-state index in [1.54, 1.807) is 0 Å². The first-order valence-corrected chi connectivity index (χ1v) is 5.48. The van der Waals surface area contributed by atoms with E-state index in [2.05, 4.69) is 24.0 Å². The Morgan fingerprint density at radius 3 is 2.94 bits per heavy atom. The van der Waals surface area contributed by atoms with Gasteiger partial charge < -0.3 is 9.64 Å². The highest BCUT2D eigenvalue weighted by atomic mass is 16.5. The second kappa shape index (κ2) is 4.26. The second-order valence-electron chi connectivity index (χ2n) is 4.42. The number of rotatable bonds is 1. The SMILES string of the molecule is COC(=O)C1CN(C)Cc2cccc(C)c21. The molecule has 0 amide bonds. The highest BCUT2D eigenvalue weighted by Gasteiger charge is 2.30. The fourth-order valence-corrected chi connectivity index (χ4v) is 2.47. The van der Waals surface area contributed by atoms with Crippen LogP contribution in [0.2, 0.25) is 0 Å². The van der Waals surface area contributed by atoms with Crippen LogP contribution >= 0.6 is 0 Å². The first kappa shape index (κ1) is 11.1. The van der Waals surface area contributed by atoms with Gasteiger partial charge in [-0.1, -0.05) is 18.2 Å². The van der Waals surface area contributed by atoms with Crippen LogP contribution in [0.1, 0.15) is 22.6 Å². The summed E-state index contributed by atoms with van der Waals surface area (Å²) in [4.78, 5) is 13.9. The van der Waals surface area contributed by atoms with Crippen molar-refractivity contribution in [2.24, 2.45) is 0 Å². The fraction of sp³-hybridized carbons (Fsp3) is 0.462. The van der Waals surface area contributed by atoms with Crippen LogP contribution in [0.3, 0.4) is 0 Å². The highest BCUT2D eigenvalue weighted by Crippen LogP contribution is 2.30. The molecule has 0 spiro atoms. The Hall–Kier alpha value is -1.35. The molecule has 86 valence electrons. The third kappa shape index (κ3) is 1.83. The normalized spacial score (nSPS) is 20.3. The van der Waals surface area contributed by atoms with E-state index in [9.17, 15) is 4.79 Å². The molecule has 1 aliphatic rings. The summed E-state index contributed by atoms with van der Waals surface area (Å²) in [6.07, 6.45) is 0. The molecular formula is C13H17NO2. The average molecular weight is 219 g/mol. The largest absolute Gasteiger partial charge is 0.469 e. The Balaban J connectivity index is 2.47. The summed E-state index contributed by atoms with van der Waals surface area (Å²) in [5.74, 6) is -0.276. The van der Waals surface area contributed by atoms with Crippen LogP contribution in [0.4, 0.5) is 0 Å². The van der Waals surface area contributed by atoms with E-state index in [4.69, 9.17) is 4.74 Å². The lowest BCUT2D eigenvalue weighted by molar-refractivity contribution is -0.143. The van der Waals surface area contributed by atoms with E-state index in [0.29, 0.717) is 0 Å². The molecule has 1 aliphatic heterocycles. The molecule has 3 nitrogen and oxygen atoms in total. The standard InChI is InChI=1S/C13H17NO2/c1-9-5-4-6-10-7-14(2)8-11(12(9)10)13(15)16-3/h4-6,11H,7-8H2,1-3H3. The zero-order valence-electron chi connectivity index (χ0n) is 9.99. The van der Waals surface area contributed by atoms with Crippen LogP contribution in [0.15, 0.2) is 18.2 Å². The number of benzene rings is 1. The van der Waals surface area contributed by atoms with Gasteiger partial charge in [0.2, 0.25) is 0 Å². The minimum absolute atomic E-state index is 0.137. The van der Waals surface area contributed by atoms with Gasteiger partial charge in [0.25, 0.3) is 0 Å². The summed E-state index contributed by atoms with van der Waals surface area (Å²) < 4.78 is 4.88. The van der Waals surface area contributed by atoms with Crippen LogP contribution in [0, 0.1) is 6.92 Å². The molecule has 0 aromatic heterocycles. The maximum Gasteiger partial charge on any atom is 0.314 e. The Morgan fingerprint density at radius 1 is 1.50 bits per heavy atom. The molecule has 1 aromatic carbocycles. The molecule has 16 heavy (non-hydrogen) atoms. The smallest absolute Gasteiger partial charge is 0.314 e. The third-order valence-electron chi connectivity index (χ3n) is 3.18. The number of hydrogen-bond acceptors (Lipinski definition) is 3. The van der Waals surface area contributed by atoms with E-state index in [0.717, 1.165) is 18.7 Å². The van der Waals surface area contributed by atoms with Crippen molar-refractivity contribution in [3.8, 4) is 0 Å². The van der Waals surface area contributed by atoms with Crippen molar-refractivity contribution < 1.29 is 9.53 Å². The van der Waals surface area contributed by atoms with Gasteiger partial charge in [0, 0.05) is 13.1 Å². The maximum atomic E-state index is 11.8. The topological polar surface area (TPSA) is 29.5 Å². The van der Waals surface area contributed by atoms with Crippen molar-refractivity contribution in [3.05, 3.63) is 34.9 Å². The predicted octanol–water partition coefficient (Wildman–Crippen LogP) is 1.70. The lowest BCUT2D eigenvalue weighted by Gasteiger charge is -2.31. The Labute approximate surface area is 96.0 Å². The number of carbonyl (C=O) groups is 1. The zero-order chi connectivity index (χ0) is 11.7. The number of esters is 1. The van der Waals surface area contributed by atoms with E-state index >= 15 is 0 Å². The van der Waals surface area contributed by atoms with Gasteiger partial charge in [-0.2, -0.15) is 0 Å². The van der Waals surface area contributed by atoms with Crippen LogP contribution in [-0.2, 0) is 16.1 Å². The second-order valence-corrected chi connectivity index (χ2v) is 4.42. The van der Waals surface area contributed by atoms with Crippen molar-refractivity contribution in [3.63, 3.8) is 0 Å². The van der Waals surface area contributed by atoms with Gasteiger partial charge in [-0.15, -0.1) is 0 Å². The molecular weight excluding hydrogens is 202 g/mol. The summed E-state index contributed by atoms with van der Waals surface area (Å²) >= 11 is 0. The molecule has 0 N–H and O–H groups in total. The third-order valence-corrected chi connectivity index (χ3v) is 3.18. The van der Waals surface area contributed by atoms with Gasteiger partial charge in [-0.25, -0.2) is 0 Å². The van der Waals surface area contributed by atoms with Gasteiger partial charge in [0.1, 0.15) is 0 Å². The first-order valence-electron chi connectivity index (χ1n) is 5.48. The average Bonchev–Trinajstić information content (AvgIpc) is 2.27. The zero-order valence-corrected chi connectivity index (χ0v) is 9.99. The fourth-order valence-electron chi connectivity index (χ4n) is 2.47. The van der Waals surface area contributed by atoms with Crippen LogP contribution in [0.25, 0.3) is 0 Å². The van der Waals surface area contributed by atoms with E-state index in [-0.39, 0.29) is 11.9 Å². The molecule has 0 radical (unpaired) electrons. The van der Waals surface area contributed by atoms with Gasteiger partial charge in [-0.05, 0) is 30.7 Å². The van der Waals surface area contributed by atoms with Crippen molar-refractivity contribution in [2.45, 2.75) is 19.4 Å². The van der Waals surface area contributed by atoms with Gasteiger partial charge in [0.15, 0.2) is 0 Å². The molecule has 0 bridgehead atoms. The van der Waals surface area contributed by atoms with Gasteiger partial charge in [0.05, 0.1) is 13.0 Å². The number of hydrogen-bond donors (Lipinski definition) is 0. The molecule has 1 aromatic rings. The number of nitrogens with zero attached hydrogens (tertiary/aromatic N) is 1. The summed E-state index contributed by atoms with van der Waals surface area (Å²) in [5, 5.41) is 0. The molecule has 1 heterocycles. The van der Waals surface area contributed by atoms with Crippen molar-refractivity contribution in [1.82, 2.24) is 4.90 Å². The summed E-state index contributed by atoms with van der Waals surface area (Å²) in [5.41, 5.74) is 3.58. The minimum Gasteiger partial charge on any atom is -0.469 e. The Kier molecular flexibility index (Phi) is 2.97. The number of aryl methyl sites for hydroxylation is 1. The van der Waals surface area contributed by atoms with Gasteiger partial charge >= 0.3 is 5.97 Å². The molecule has 0 fully saturated rings. The van der Waals surface area contributed by atoms with Crippen LogP contribution < -0.4 is 0 Å². The number of carbonyl (C=O) groups excluding carboxylic acids is 1. The number of likely N-dealkylation sites (N-methyl/N-ethyl adjacent to an activating group) is 1. The molecule has 0 aliphatic carbocycles. The number of methoxy groups -OCH3 is 1. The highest BCUT2D eigenvalue weighted by molar-refractivity contribution is 5.79. The van der Waals surface area contributed by atoms with E-state index in [1.807, 2.05) is 13.1 Å². The van der Waals surface area contributed by atoms with Crippen molar-refractivity contribution in [2.75, 3.05) is 20.7 Å². The van der Waals surface area contributed by atoms with Gasteiger partial charge in [-0.3, -0.25) is 4.79 Å². The molecule has 1 unspecified atom stereocenters. The summed E-state index contributed by atoms with van der Waals surface area (Å²) in [7, 11) is 3.48. The monoisotopic (exact) mass is 219 g/mol. The number of fused-ring (bicyclic) bond motifs is 1. The molecule has 0 saturated heterocycles. The lowest BCUT2D eigenvalue weighted by Crippen LogP contribution is -2.35. The van der Waals surface area contributed by atoms with Crippen molar-refractivity contribution >= 4 is 5.97 Å². The maximum absolute atomic E-state index is 11.8. The van der Waals surface area contributed by atoms with E-state index in [1.165, 1.54) is 18.2 Å². The van der Waals surface area contributed by atoms with Crippen LogP contribution in [-0.4, -0.2) is 31.6 Å². The lowest BCUT2D eigenvalue weighted by atomic mass is 9.86. The predicted molar refractivity (Wildman–Crippen MR) is 62.3 cm³/mol. The Bertz CT molecular complexity index is 414.